The van der Waals surface area contributed by atoms with Crippen molar-refractivity contribution in [2.75, 3.05) is 53.4 Å². The van der Waals surface area contributed by atoms with Gasteiger partial charge in [0, 0.05) is 95.7 Å². The van der Waals surface area contributed by atoms with Gasteiger partial charge in [-0.2, -0.15) is 15.3 Å². The number of aromatic amines is 1. The Kier molecular flexibility index (Phi) is 37.9. The summed E-state index contributed by atoms with van der Waals surface area (Å²) in [6, 6.07) is 16.1. The number of aromatic carboxylic acids is 1. The van der Waals surface area contributed by atoms with Crippen LogP contribution in [0.25, 0.3) is 33.8 Å². The van der Waals surface area contributed by atoms with Crippen LogP contribution in [-0.4, -0.2) is 186 Å². The summed E-state index contributed by atoms with van der Waals surface area (Å²) in [5.74, 6) is -2.51. The lowest BCUT2D eigenvalue weighted by atomic mass is 10.2. The van der Waals surface area contributed by atoms with Crippen molar-refractivity contribution < 1.29 is 58.5 Å². The quantitative estimate of drug-likeness (QED) is 0.0246. The molecule has 0 bridgehead atoms. The zero-order valence-electron chi connectivity index (χ0n) is 53.7. The second kappa shape index (κ2) is 42.5. The van der Waals surface area contributed by atoms with E-state index in [-0.39, 0.29) is 36.3 Å². The first-order chi connectivity index (χ1) is 41.3. The van der Waals surface area contributed by atoms with E-state index in [4.69, 9.17) is 41.8 Å². The Bertz CT molecular complexity index is 3000. The summed E-state index contributed by atoms with van der Waals surface area (Å²) in [6.45, 7) is 33.3. The maximum atomic E-state index is 11.6. The Balaban J connectivity index is 0.00000109. The van der Waals surface area contributed by atoms with Crippen LogP contribution in [0.1, 0.15) is 78.4 Å². The summed E-state index contributed by atoms with van der Waals surface area (Å²) in [5.41, 5.74) is 4.80. The molecule has 2 N–H and O–H groups in total. The van der Waals surface area contributed by atoms with Gasteiger partial charge < -0.3 is 33.5 Å². The molecule has 7 heterocycles. The molecule has 0 atom stereocenters. The van der Waals surface area contributed by atoms with E-state index in [0.29, 0.717) is 57.5 Å². The number of hydrogen-bond donors (Lipinski definition) is 2. The second-order valence-electron chi connectivity index (χ2n) is 21.3. The van der Waals surface area contributed by atoms with Gasteiger partial charge in [0.25, 0.3) is 0 Å². The lowest BCUT2D eigenvalue weighted by Crippen LogP contribution is -2.22. The van der Waals surface area contributed by atoms with Gasteiger partial charge in [0.05, 0.1) is 62.7 Å². The number of nitrogens with zero attached hydrogens (tertiary/aromatic N) is 13. The van der Waals surface area contributed by atoms with E-state index in [1.54, 1.807) is 91.5 Å². The second-order valence-corrected chi connectivity index (χ2v) is 38.6. The van der Waals surface area contributed by atoms with Crippen molar-refractivity contribution in [1.29, 1.82) is 0 Å². The maximum Gasteiger partial charge on any atom is 0.358 e. The number of H-pyrrole nitrogens is 1. The lowest BCUT2D eigenvalue weighted by molar-refractivity contribution is 0.0508. The molecule has 31 heteroatoms. The van der Waals surface area contributed by atoms with Crippen LogP contribution in [0.3, 0.4) is 0 Å². The van der Waals surface area contributed by atoms with Crippen LogP contribution in [0.5, 0.6) is 0 Å². The predicted octanol–water partition coefficient (Wildman–Crippen LogP) is 10.7. The number of nitrogens with one attached hydrogen (secondary N) is 1. The van der Waals surface area contributed by atoms with Gasteiger partial charge in [0.15, 0.2) is 27.9 Å². The molecule has 0 fully saturated rings. The maximum absolute atomic E-state index is 11.6. The monoisotopic (exact) mass is 1280 g/mol. The number of ether oxygens (including phenoxy) is 6. The highest BCUT2D eigenvalue weighted by atomic mass is 35.5. The highest BCUT2D eigenvalue weighted by Crippen LogP contribution is 2.18. The minimum atomic E-state index is -1.09. The van der Waals surface area contributed by atoms with Gasteiger partial charge in [-0.3, -0.25) is 9.49 Å². The van der Waals surface area contributed by atoms with Gasteiger partial charge in [-0.15, -0.1) is 40.8 Å². The Morgan fingerprint density at radius 2 is 0.885 bits per heavy atom. The fourth-order valence-electron chi connectivity index (χ4n) is 5.95. The van der Waals surface area contributed by atoms with Gasteiger partial charge >= 0.3 is 23.9 Å². The predicted molar refractivity (Wildman–Crippen MR) is 340 cm³/mol. The molecule has 0 aromatic carbocycles. The fourth-order valence-corrected chi connectivity index (χ4v) is 8.32. The molecule has 0 unspecified atom stereocenters. The van der Waals surface area contributed by atoms with Crippen LogP contribution >= 0.6 is 11.6 Å². The average Bonchev–Trinajstić information content (AvgIpc) is 2.52. The van der Waals surface area contributed by atoms with E-state index in [2.05, 4.69) is 125 Å². The Hall–Kier alpha value is -7.35. The van der Waals surface area contributed by atoms with Crippen LogP contribution in [0, 0.1) is 0 Å². The number of carboxylic acid groups (broad SMARTS) is 1. The first-order valence-corrected chi connectivity index (χ1v) is 38.8. The van der Waals surface area contributed by atoms with E-state index in [9.17, 15) is 23.6 Å². The molecule has 0 aliphatic carbocycles. The normalized spacial score (nSPS) is 10.7. The van der Waals surface area contributed by atoms with E-state index < -0.39 is 48.1 Å². The van der Waals surface area contributed by atoms with Crippen LogP contribution in [0.15, 0.2) is 85.7 Å². The number of alkyl halides is 1. The molecule has 0 spiro atoms. The van der Waals surface area contributed by atoms with Crippen molar-refractivity contribution in [2.45, 2.75) is 126 Å². The molecule has 0 amide bonds. The van der Waals surface area contributed by atoms with Crippen LogP contribution in [0.4, 0.5) is 4.39 Å². The van der Waals surface area contributed by atoms with Gasteiger partial charge in [-0.05, 0) is 94.4 Å². The number of aromatic nitrogens is 14. The summed E-state index contributed by atoms with van der Waals surface area (Å²) in [4.78, 5) is 44.6. The third kappa shape index (κ3) is 34.0. The Morgan fingerprint density at radius 3 is 1.18 bits per heavy atom. The Labute approximate surface area is 521 Å². The third-order valence-electron chi connectivity index (χ3n) is 10.6. The topological polar surface area (TPSA) is 311 Å². The van der Waals surface area contributed by atoms with Crippen molar-refractivity contribution in [2.24, 2.45) is 0 Å². The molecular weight excluding hydrogens is 1190 g/mol. The molecule has 7 aromatic rings. The molecule has 7 aromatic heterocycles. The minimum Gasteiger partial charge on any atom is -0.476 e. The fraction of sp³-hybridized carbons (Fsp3) is 0.482. The van der Waals surface area contributed by atoms with Crippen molar-refractivity contribution in [3.8, 4) is 33.8 Å². The lowest BCUT2D eigenvalue weighted by Gasteiger charge is -2.15. The summed E-state index contributed by atoms with van der Waals surface area (Å²) in [7, 11) is -1.22. The number of rotatable bonds is 24. The highest BCUT2D eigenvalue weighted by Gasteiger charge is 2.16. The zero-order chi connectivity index (χ0) is 65.4. The first-order valence-electron chi connectivity index (χ1n) is 28.3. The zero-order valence-corrected chi connectivity index (χ0v) is 56.5. The first kappa shape index (κ1) is 77.7. The number of carbonyl (C=O) groups is 4. The summed E-state index contributed by atoms with van der Waals surface area (Å²) in [6.07, 6.45) is 10.4. The molecule has 87 heavy (non-hydrogen) atoms. The smallest absolute Gasteiger partial charge is 0.358 e. The minimum absolute atomic E-state index is 0. The van der Waals surface area contributed by atoms with Crippen molar-refractivity contribution >= 4 is 68.1 Å². The average molecular weight is 1280 g/mol. The Morgan fingerprint density at radius 1 is 0.529 bits per heavy atom. The largest absolute Gasteiger partial charge is 0.476 e. The van der Waals surface area contributed by atoms with Gasteiger partial charge in [0.2, 0.25) is 0 Å². The van der Waals surface area contributed by atoms with E-state index >= 15 is 0 Å². The van der Waals surface area contributed by atoms with E-state index in [1.807, 2.05) is 13.1 Å². The number of hydrogen-bond acceptors (Lipinski definition) is 21. The van der Waals surface area contributed by atoms with E-state index in [0.717, 1.165) is 55.2 Å². The molecule has 0 aliphatic rings. The number of halogens is 2. The summed E-state index contributed by atoms with van der Waals surface area (Å²) in [5, 5.41) is 54.2. The van der Waals surface area contributed by atoms with Gasteiger partial charge in [-0.1, -0.05) is 77.9 Å². The standard InChI is InChI=1S/C16H24N4O3Si.C14H20N4O3Si.C10H10N4O2.C7H7ClN2O2.C7H18OSi.CH3F.CH4.B/c1-5-23-16(21)15-7-6-14(18-19-15)13-10-17-20(11-13)12-22-8-9-24(2,3)4;1-22(2,3)7-6-21-10-18-9-11(8-15-18)12-4-5-13(14(19)20)17-16-12;1-2-16-10(15)9-4-3-8(13-14-9)7-5-11-12-6-7;1-2-12-7(11)5-3-4-6(8)10-9-5;1-5-8-6-7-9(2,3)4;1-2;;/h6-7,10-11H,5,8-9,12H2,1-4H3;4-5,8-9H,6-7,10H2,1-3H3,(H,19,20);3-6H,2H2,1H3,(H,11,12);3-4H,2H2,1H3;5-7H2,1-4H3;1H3;1H4;/i;;;;;;1D;. The summed E-state index contributed by atoms with van der Waals surface area (Å²) < 4.78 is 49.5. The molecule has 475 valence electrons. The van der Waals surface area contributed by atoms with Crippen LogP contribution < -0.4 is 0 Å². The molecule has 3 radical (unpaired) electrons. The molecule has 0 saturated heterocycles. The van der Waals surface area contributed by atoms with Crippen molar-refractivity contribution in [3.63, 3.8) is 0 Å². The van der Waals surface area contributed by atoms with Gasteiger partial charge in [0.1, 0.15) is 13.5 Å². The SMILES string of the molecule is CCOC(=O)c1ccc(-c2cn[nH]c2)nn1.CCOC(=O)c1ccc(-c2cnn(COCC[Si](C)(C)C)c2)nn1.CCOC(=O)c1ccc(Cl)nn1.CCOCC[Si](C)(C)C.CF.C[Si](C)(C)CCOCn1cc(-c2ccc(C(=O)O)nn2)cn1.[2H]C.[B]. The van der Waals surface area contributed by atoms with E-state index in [1.165, 1.54) is 31.6 Å². The van der Waals surface area contributed by atoms with Crippen LogP contribution in [0.2, 0.25) is 82.2 Å². The van der Waals surface area contributed by atoms with Crippen molar-refractivity contribution in [3.05, 3.63) is 114 Å². The van der Waals surface area contributed by atoms with Crippen molar-refractivity contribution in [1.82, 2.24) is 70.5 Å². The molecule has 25 nitrogen and oxygen atoms in total. The number of carboxylic acids is 1. The number of esters is 3. The highest BCUT2D eigenvalue weighted by molar-refractivity contribution is 6.76. The number of carbonyl (C=O) groups excluding carboxylic acids is 3. The molecule has 7 rings (SSSR count). The molecule has 0 aliphatic heterocycles. The third-order valence-corrected chi connectivity index (χ3v) is 15.9. The molecular formula is C56H86BClFN14O11Si3. The summed E-state index contributed by atoms with van der Waals surface area (Å²) >= 11 is 5.47. The van der Waals surface area contributed by atoms with Gasteiger partial charge in [-0.25, -0.2) is 28.5 Å². The molecule has 0 saturated carbocycles. The van der Waals surface area contributed by atoms with Crippen LogP contribution in [-0.2, 0) is 41.9 Å².